The lowest BCUT2D eigenvalue weighted by atomic mass is 9.85. The average Bonchev–Trinajstić information content (AvgIpc) is 3.80. The van der Waals surface area contributed by atoms with E-state index in [4.69, 9.17) is 38.8 Å². The van der Waals surface area contributed by atoms with Gasteiger partial charge in [-0.3, -0.25) is 34.1 Å². The molecule has 4 amide bonds. The summed E-state index contributed by atoms with van der Waals surface area (Å²) in [6, 6.07) is 9.46. The summed E-state index contributed by atoms with van der Waals surface area (Å²) in [5.74, 6) is -1.33. The second-order valence-electron chi connectivity index (χ2n) is 15.3. The number of fused-ring (bicyclic) bond motifs is 1. The number of imide groups is 2. The zero-order chi connectivity index (χ0) is 39.8. The molecular weight excluding hydrogens is 774 g/mol. The smallest absolute Gasteiger partial charge is 0.262 e. The van der Waals surface area contributed by atoms with E-state index in [0.29, 0.717) is 40.3 Å². The number of piperidine rings is 2. The van der Waals surface area contributed by atoms with Gasteiger partial charge in [0.1, 0.15) is 11.9 Å². The van der Waals surface area contributed by atoms with Crippen molar-refractivity contribution in [2.75, 3.05) is 36.9 Å². The molecule has 2 saturated heterocycles. The maximum Gasteiger partial charge on any atom is 0.262 e. The number of rotatable bonds is 11. The molecule has 0 unspecified atom stereocenters. The number of hydrogen-bond donors (Lipinski definition) is 3. The Morgan fingerprint density at radius 3 is 2.56 bits per heavy atom. The van der Waals surface area contributed by atoms with E-state index in [2.05, 4.69) is 20.5 Å². The highest BCUT2D eigenvalue weighted by atomic mass is 35.5. The van der Waals surface area contributed by atoms with E-state index in [9.17, 15) is 23.6 Å². The minimum atomic E-state index is -0.981. The highest BCUT2D eigenvalue weighted by Gasteiger charge is 2.45. The average molecular weight is 818 g/mol. The fourth-order valence-corrected chi connectivity index (χ4v) is 9.02. The van der Waals surface area contributed by atoms with Crippen molar-refractivity contribution < 1.29 is 28.3 Å². The van der Waals surface area contributed by atoms with Crippen LogP contribution in [0.4, 0.5) is 15.9 Å². The number of hydrogen-bond acceptors (Lipinski definition) is 10. The SMILES string of the molecule is Nc1ncc(-c2cnn(C3CCC(CN[C@@H]4CCCN(c5ccc6c(c5)C(=O)N([C@@H]5CCC(=O)NC5=O)C6=O)C4)CC3)c2)cc1OCCc1c(Cl)ccc(F)c1Cl. The third-order valence-corrected chi connectivity index (χ3v) is 12.4. The zero-order valence-electron chi connectivity index (χ0n) is 31.2. The molecule has 3 fully saturated rings. The Morgan fingerprint density at radius 2 is 1.75 bits per heavy atom. The number of nitrogens with one attached hydrogen (secondary N) is 2. The maximum atomic E-state index is 13.9. The number of nitrogens with zero attached hydrogens (tertiary/aromatic N) is 5. The molecule has 2 aromatic carbocycles. The molecule has 298 valence electrons. The van der Waals surface area contributed by atoms with Gasteiger partial charge >= 0.3 is 0 Å². The molecule has 4 aliphatic rings. The van der Waals surface area contributed by atoms with Crippen LogP contribution in [0.15, 0.2) is 55.0 Å². The maximum absolute atomic E-state index is 13.9. The fraction of sp³-hybridized carbons (Fsp3) is 0.415. The van der Waals surface area contributed by atoms with Crippen LogP contribution < -0.4 is 26.0 Å². The number of nitrogens with two attached hydrogens (primary N) is 1. The lowest BCUT2D eigenvalue weighted by Crippen LogP contribution is -2.54. The minimum Gasteiger partial charge on any atom is -0.489 e. The Labute approximate surface area is 339 Å². The molecular formula is C41H43Cl2FN8O5. The van der Waals surface area contributed by atoms with Gasteiger partial charge in [0.05, 0.1) is 35.0 Å². The van der Waals surface area contributed by atoms with E-state index in [-0.39, 0.29) is 41.9 Å². The molecule has 2 aromatic heterocycles. The number of nitrogen functional groups attached to an aromatic ring is 1. The first-order chi connectivity index (χ1) is 27.5. The van der Waals surface area contributed by atoms with Crippen LogP contribution in [0.25, 0.3) is 11.1 Å². The number of carbonyl (C=O) groups is 4. The van der Waals surface area contributed by atoms with Crippen molar-refractivity contribution in [3.63, 3.8) is 0 Å². The molecule has 8 rings (SSSR count). The number of amides is 4. The molecule has 1 saturated carbocycles. The molecule has 13 nitrogen and oxygen atoms in total. The van der Waals surface area contributed by atoms with Crippen LogP contribution in [0, 0.1) is 11.7 Å². The van der Waals surface area contributed by atoms with E-state index in [1.807, 2.05) is 29.2 Å². The lowest BCUT2D eigenvalue weighted by molar-refractivity contribution is -0.136. The van der Waals surface area contributed by atoms with Gasteiger partial charge in [-0.05, 0) is 99.4 Å². The van der Waals surface area contributed by atoms with Gasteiger partial charge < -0.3 is 20.7 Å². The van der Waals surface area contributed by atoms with E-state index < -0.39 is 35.5 Å². The first-order valence-corrected chi connectivity index (χ1v) is 20.2. The van der Waals surface area contributed by atoms with Crippen LogP contribution in [-0.4, -0.2) is 81.6 Å². The van der Waals surface area contributed by atoms with Gasteiger partial charge in [-0.2, -0.15) is 5.10 Å². The van der Waals surface area contributed by atoms with Crippen molar-refractivity contribution in [2.24, 2.45) is 5.92 Å². The first kappa shape index (κ1) is 38.8. The van der Waals surface area contributed by atoms with Crippen molar-refractivity contribution >= 4 is 58.3 Å². The van der Waals surface area contributed by atoms with Gasteiger partial charge in [0.15, 0.2) is 11.6 Å². The van der Waals surface area contributed by atoms with Crippen molar-refractivity contribution in [1.82, 2.24) is 30.3 Å². The molecule has 57 heavy (non-hydrogen) atoms. The van der Waals surface area contributed by atoms with E-state index >= 15 is 0 Å². The second-order valence-corrected chi connectivity index (χ2v) is 16.1. The molecule has 0 bridgehead atoms. The Bertz CT molecular complexity index is 2230. The Kier molecular flexibility index (Phi) is 11.2. The molecule has 4 N–H and O–H groups in total. The van der Waals surface area contributed by atoms with Crippen LogP contribution in [-0.2, 0) is 16.0 Å². The number of ether oxygens (including phenoxy) is 1. The Balaban J connectivity index is 0.815. The van der Waals surface area contributed by atoms with Crippen molar-refractivity contribution in [3.8, 4) is 16.9 Å². The van der Waals surface area contributed by atoms with Crippen LogP contribution >= 0.6 is 23.2 Å². The largest absolute Gasteiger partial charge is 0.489 e. The predicted octanol–water partition coefficient (Wildman–Crippen LogP) is 5.99. The zero-order valence-corrected chi connectivity index (χ0v) is 32.7. The number of pyridine rings is 1. The van der Waals surface area contributed by atoms with Gasteiger partial charge in [0, 0.05) is 66.2 Å². The number of anilines is 2. The molecule has 2 atom stereocenters. The van der Waals surface area contributed by atoms with Gasteiger partial charge in [-0.25, -0.2) is 9.37 Å². The second kappa shape index (κ2) is 16.4. The van der Waals surface area contributed by atoms with Gasteiger partial charge in [-0.15, -0.1) is 0 Å². The van der Waals surface area contributed by atoms with Crippen molar-refractivity contribution in [2.45, 2.75) is 75.9 Å². The van der Waals surface area contributed by atoms with E-state index in [0.717, 1.165) is 79.9 Å². The number of aromatic nitrogens is 3. The van der Waals surface area contributed by atoms with E-state index in [1.165, 1.54) is 12.1 Å². The third kappa shape index (κ3) is 8.08. The summed E-state index contributed by atoms with van der Waals surface area (Å²) in [5, 5.41) is 11.1. The monoisotopic (exact) mass is 816 g/mol. The fourth-order valence-electron chi connectivity index (χ4n) is 8.46. The van der Waals surface area contributed by atoms with Gasteiger partial charge in [0.2, 0.25) is 11.8 Å². The summed E-state index contributed by atoms with van der Waals surface area (Å²) in [6.45, 7) is 2.73. The normalized spacial score (nSPS) is 22.5. The quantitative estimate of drug-likeness (QED) is 0.121. The van der Waals surface area contributed by atoms with Crippen LogP contribution in [0.5, 0.6) is 5.75 Å². The standard InChI is InChI=1S/C41H43Cl2FN8O5/c42-32-9-10-33(44)37(43)30(32)13-15-57-35-16-24(19-47-38(35)45)25-20-48-51(21-25)27-5-3-23(4-6-27)18-46-26-2-1-14-50(22-26)28-7-8-29-31(17-28)41(56)52(40(29)55)34-11-12-36(53)49-39(34)54/h7-10,16-17,19-21,23,26-27,34,46H,1-6,11-15,18,22H2,(H2,45,47)(H,49,53,54)/t23?,26-,27?,34-/m1/s1. The summed E-state index contributed by atoms with van der Waals surface area (Å²) in [7, 11) is 0. The Morgan fingerprint density at radius 1 is 0.947 bits per heavy atom. The highest BCUT2D eigenvalue weighted by molar-refractivity contribution is 6.36. The molecule has 16 heteroatoms. The summed E-state index contributed by atoms with van der Waals surface area (Å²) < 4.78 is 21.9. The first-order valence-electron chi connectivity index (χ1n) is 19.4. The van der Waals surface area contributed by atoms with Gasteiger partial charge in [-0.1, -0.05) is 23.2 Å². The number of halogens is 3. The van der Waals surface area contributed by atoms with Gasteiger partial charge in [0.25, 0.3) is 11.8 Å². The van der Waals surface area contributed by atoms with E-state index in [1.54, 1.807) is 18.3 Å². The third-order valence-electron chi connectivity index (χ3n) is 11.7. The van der Waals surface area contributed by atoms with Crippen LogP contribution in [0.2, 0.25) is 10.0 Å². The highest BCUT2D eigenvalue weighted by Crippen LogP contribution is 2.35. The summed E-state index contributed by atoms with van der Waals surface area (Å²) >= 11 is 12.3. The molecule has 4 aromatic rings. The van der Waals surface area contributed by atoms with Crippen molar-refractivity contribution in [1.29, 1.82) is 0 Å². The topological polar surface area (TPSA) is 165 Å². The molecule has 3 aliphatic heterocycles. The summed E-state index contributed by atoms with van der Waals surface area (Å²) in [6.07, 6.45) is 12.3. The Hall–Kier alpha value is -5.05. The van der Waals surface area contributed by atoms with Crippen molar-refractivity contribution in [3.05, 3.63) is 87.5 Å². The lowest BCUT2D eigenvalue weighted by Gasteiger charge is -2.36. The summed E-state index contributed by atoms with van der Waals surface area (Å²) in [5.41, 5.74) is 9.78. The molecule has 5 heterocycles. The van der Waals surface area contributed by atoms with Crippen LogP contribution in [0.1, 0.15) is 83.7 Å². The summed E-state index contributed by atoms with van der Waals surface area (Å²) in [4.78, 5) is 58.2. The molecule has 0 spiro atoms. The predicted molar refractivity (Wildman–Crippen MR) is 213 cm³/mol. The number of benzene rings is 2. The number of carbonyl (C=O) groups excluding carboxylic acids is 4. The molecule has 1 aliphatic carbocycles. The minimum absolute atomic E-state index is 0.0165. The molecule has 0 radical (unpaired) electrons. The van der Waals surface area contributed by atoms with Crippen LogP contribution in [0.3, 0.4) is 0 Å².